The fourth-order valence-corrected chi connectivity index (χ4v) is 4.20. The lowest BCUT2D eigenvalue weighted by Crippen LogP contribution is -2.25. The van der Waals surface area contributed by atoms with Crippen molar-refractivity contribution in [2.24, 2.45) is 16.1 Å². The summed E-state index contributed by atoms with van der Waals surface area (Å²) in [4.78, 5) is 12.6. The Bertz CT molecular complexity index is 720. The van der Waals surface area contributed by atoms with Gasteiger partial charge in [-0.15, -0.1) is 5.10 Å². The fourth-order valence-electron chi connectivity index (χ4n) is 2.74. The van der Waals surface area contributed by atoms with Crippen molar-refractivity contribution in [3.8, 4) is 0 Å². The summed E-state index contributed by atoms with van der Waals surface area (Å²) >= 11 is 1.87. The van der Waals surface area contributed by atoms with Gasteiger partial charge in [-0.1, -0.05) is 47.8 Å². The quantitative estimate of drug-likeness (QED) is 0.335. The van der Waals surface area contributed by atoms with E-state index in [4.69, 9.17) is 0 Å². The predicted molar refractivity (Wildman–Crippen MR) is 104 cm³/mol. The fraction of sp³-hybridized carbons (Fsp3) is 0.389. The molecule has 0 saturated carbocycles. The number of amidine groups is 1. The van der Waals surface area contributed by atoms with Gasteiger partial charge in [-0.3, -0.25) is 4.79 Å². The van der Waals surface area contributed by atoms with Crippen LogP contribution in [0.5, 0.6) is 0 Å². The van der Waals surface area contributed by atoms with Crippen LogP contribution in [0.25, 0.3) is 0 Å². The molecule has 2 atom stereocenters. The Morgan fingerprint density at radius 2 is 2.12 bits per heavy atom. The highest BCUT2D eigenvalue weighted by molar-refractivity contribution is 8.15. The summed E-state index contributed by atoms with van der Waals surface area (Å²) in [5.74, 6) is -2.12. The number of benzene rings is 1. The van der Waals surface area contributed by atoms with Crippen molar-refractivity contribution in [3.63, 3.8) is 0 Å². The average Bonchev–Trinajstić information content (AvgIpc) is 2.97. The number of rotatable bonds is 6. The van der Waals surface area contributed by atoms with Crippen LogP contribution in [-0.4, -0.2) is 28.3 Å². The van der Waals surface area contributed by atoms with Crippen molar-refractivity contribution in [1.29, 1.82) is 0 Å². The minimum absolute atomic E-state index is 0.101. The molecule has 1 aromatic carbocycles. The largest absolute Gasteiger partial charge is 0.303 e. The normalized spacial score (nSPS) is 24.7. The molecule has 1 aliphatic carbocycles. The maximum Gasteiger partial charge on any atom is 0.288 e. The Morgan fingerprint density at radius 1 is 1.31 bits per heavy atom. The lowest BCUT2D eigenvalue weighted by molar-refractivity contribution is -0.118. The summed E-state index contributed by atoms with van der Waals surface area (Å²) in [6.07, 6.45) is 9.81. The smallest absolute Gasteiger partial charge is 0.288 e. The van der Waals surface area contributed by atoms with Crippen LogP contribution in [0.2, 0.25) is 0 Å². The van der Waals surface area contributed by atoms with Gasteiger partial charge in [0.05, 0.1) is 5.25 Å². The molecular formula is C18H19F2N3OS2. The lowest BCUT2D eigenvalue weighted by Gasteiger charge is -2.10. The predicted octanol–water partition coefficient (Wildman–Crippen LogP) is 4.47. The van der Waals surface area contributed by atoms with E-state index in [0.29, 0.717) is 34.2 Å². The molecule has 1 aliphatic heterocycles. The van der Waals surface area contributed by atoms with E-state index < -0.39 is 5.76 Å². The highest BCUT2D eigenvalue weighted by Gasteiger charge is 2.30. The number of halogens is 2. The summed E-state index contributed by atoms with van der Waals surface area (Å²) < 4.78 is 24.7. The number of alkyl halides is 2. The van der Waals surface area contributed by atoms with Crippen molar-refractivity contribution in [2.45, 2.75) is 41.6 Å². The molecule has 0 unspecified atom stereocenters. The number of carbonyl (C=O) groups excluding carboxylic acids is 1. The van der Waals surface area contributed by atoms with E-state index in [1.54, 1.807) is 24.3 Å². The Morgan fingerprint density at radius 3 is 2.81 bits per heavy atom. The first-order valence-electron chi connectivity index (χ1n) is 8.37. The zero-order chi connectivity index (χ0) is 18.4. The van der Waals surface area contributed by atoms with Crippen LogP contribution in [0.1, 0.15) is 24.8 Å². The van der Waals surface area contributed by atoms with Crippen molar-refractivity contribution in [1.82, 2.24) is 5.32 Å². The number of amides is 1. The summed E-state index contributed by atoms with van der Waals surface area (Å²) in [5.41, 5.74) is 0.926. The third-order valence-corrected chi connectivity index (χ3v) is 5.88. The molecule has 1 amide bonds. The van der Waals surface area contributed by atoms with Crippen molar-refractivity contribution in [3.05, 3.63) is 42.0 Å². The van der Waals surface area contributed by atoms with Gasteiger partial charge in [-0.2, -0.15) is 13.9 Å². The van der Waals surface area contributed by atoms with E-state index in [1.807, 2.05) is 6.21 Å². The van der Waals surface area contributed by atoms with Gasteiger partial charge in [0.1, 0.15) is 0 Å². The molecule has 0 aromatic heterocycles. The number of thioether (sulfide) groups is 2. The third-order valence-electron chi connectivity index (χ3n) is 4.08. The van der Waals surface area contributed by atoms with Gasteiger partial charge in [0.2, 0.25) is 5.91 Å². The number of nitrogens with zero attached hydrogens (tertiary/aromatic N) is 2. The van der Waals surface area contributed by atoms with E-state index in [0.717, 1.165) is 24.8 Å². The Hall–Kier alpha value is -1.67. The van der Waals surface area contributed by atoms with Gasteiger partial charge < -0.3 is 5.32 Å². The molecule has 1 heterocycles. The Labute approximate surface area is 159 Å². The van der Waals surface area contributed by atoms with Crippen LogP contribution in [0, 0.1) is 5.92 Å². The molecule has 1 aromatic rings. The second kappa shape index (κ2) is 9.32. The summed E-state index contributed by atoms with van der Waals surface area (Å²) in [7, 11) is 0. The highest BCUT2D eigenvalue weighted by Crippen LogP contribution is 2.27. The number of allylic oxidation sites excluding steroid dienone is 2. The highest BCUT2D eigenvalue weighted by atomic mass is 32.2. The molecular weight excluding hydrogens is 376 g/mol. The second-order valence-corrected chi connectivity index (χ2v) is 8.29. The molecule has 3 rings (SSSR count). The molecule has 1 N–H and O–H groups in total. The zero-order valence-electron chi connectivity index (χ0n) is 14.0. The number of carbonyl (C=O) groups is 1. The summed E-state index contributed by atoms with van der Waals surface area (Å²) in [6, 6.07) is 6.87. The maximum atomic E-state index is 12.3. The monoisotopic (exact) mass is 395 g/mol. The van der Waals surface area contributed by atoms with Crippen LogP contribution in [0.15, 0.2) is 51.5 Å². The molecule has 0 radical (unpaired) electrons. The molecule has 0 bridgehead atoms. The van der Waals surface area contributed by atoms with E-state index in [2.05, 4.69) is 27.7 Å². The second-order valence-electron chi connectivity index (χ2n) is 6.04. The number of hydrogen-bond acceptors (Lipinski definition) is 5. The van der Waals surface area contributed by atoms with E-state index >= 15 is 0 Å². The Balaban J connectivity index is 1.53. The molecule has 26 heavy (non-hydrogen) atoms. The lowest BCUT2D eigenvalue weighted by atomic mass is 9.96. The summed E-state index contributed by atoms with van der Waals surface area (Å²) in [5, 5.41) is 11.2. The van der Waals surface area contributed by atoms with Gasteiger partial charge >= 0.3 is 0 Å². The number of nitrogens with one attached hydrogen (secondary N) is 1. The molecule has 4 nitrogen and oxygen atoms in total. The zero-order valence-corrected chi connectivity index (χ0v) is 15.6. The molecule has 138 valence electrons. The van der Waals surface area contributed by atoms with Gasteiger partial charge in [-0.25, -0.2) is 0 Å². The van der Waals surface area contributed by atoms with E-state index in [-0.39, 0.29) is 11.2 Å². The summed E-state index contributed by atoms with van der Waals surface area (Å²) in [6.45, 7) is 0. The van der Waals surface area contributed by atoms with Crippen molar-refractivity contribution < 1.29 is 13.6 Å². The first kappa shape index (κ1) is 19.1. The van der Waals surface area contributed by atoms with Crippen molar-refractivity contribution in [2.75, 3.05) is 0 Å². The first-order valence-corrected chi connectivity index (χ1v) is 10.1. The van der Waals surface area contributed by atoms with Crippen molar-refractivity contribution >= 4 is 40.8 Å². The average molecular weight is 396 g/mol. The molecule has 8 heteroatoms. The maximum absolute atomic E-state index is 12.3. The molecule has 1 fully saturated rings. The van der Waals surface area contributed by atoms with E-state index in [1.165, 1.54) is 11.8 Å². The van der Waals surface area contributed by atoms with Crippen LogP contribution < -0.4 is 5.32 Å². The van der Waals surface area contributed by atoms with Gasteiger partial charge in [0.15, 0.2) is 5.17 Å². The molecule has 2 aliphatic rings. The topological polar surface area (TPSA) is 53.8 Å². The van der Waals surface area contributed by atoms with Gasteiger partial charge in [0, 0.05) is 11.1 Å². The van der Waals surface area contributed by atoms with E-state index in [9.17, 15) is 13.6 Å². The Kier molecular flexibility index (Phi) is 6.85. The molecule has 0 spiro atoms. The van der Waals surface area contributed by atoms with Gasteiger partial charge in [-0.05, 0) is 49.3 Å². The van der Waals surface area contributed by atoms with Crippen LogP contribution in [-0.2, 0) is 11.2 Å². The minimum atomic E-state index is -2.43. The van der Waals surface area contributed by atoms with Crippen LogP contribution in [0.4, 0.5) is 8.78 Å². The SMILES string of the molecule is O=C1N/C(=N\N=C/[C@@H]2CC=CCC2)S[C@H]1Cc1ccc(SC(F)F)cc1. The first-order chi connectivity index (χ1) is 12.6. The van der Waals surface area contributed by atoms with Crippen LogP contribution >= 0.6 is 23.5 Å². The van der Waals surface area contributed by atoms with Gasteiger partial charge in [0.25, 0.3) is 5.76 Å². The van der Waals surface area contributed by atoms with Crippen LogP contribution in [0.3, 0.4) is 0 Å². The number of hydrogen-bond donors (Lipinski definition) is 1. The molecule has 1 saturated heterocycles. The standard InChI is InChI=1S/C18H19F2N3OS2/c19-17(20)25-14-8-6-12(7-9-14)10-15-16(24)22-18(26-15)23-21-11-13-4-2-1-3-5-13/h1-2,6-9,11,13,15,17H,3-5,10H2,(H,22,23,24)/b21-11-/t13-,15+/m1/s1. The minimum Gasteiger partial charge on any atom is -0.303 e. The third kappa shape index (κ3) is 5.67.